The van der Waals surface area contributed by atoms with Crippen molar-refractivity contribution in [3.05, 3.63) is 45.6 Å². The lowest BCUT2D eigenvalue weighted by atomic mass is 10.2. The molecule has 0 bridgehead atoms. The van der Waals surface area contributed by atoms with Gasteiger partial charge in [-0.3, -0.25) is 4.79 Å². The Kier molecular flexibility index (Phi) is 5.64. The van der Waals surface area contributed by atoms with Crippen LogP contribution in [0.15, 0.2) is 35.2 Å². The highest BCUT2D eigenvalue weighted by molar-refractivity contribution is 7.89. The standard InChI is InChI=1S/C18H20N2O5S2/c1-20(2)27(23,24)14-7-4-6-13(10-14)19-17(21)11-25-18(22)16-9-12-5-3-8-15(12)26-16/h4,6-7,9-10H,3,5,8,11H2,1-2H3,(H,19,21). The van der Waals surface area contributed by atoms with Crippen LogP contribution in [0.5, 0.6) is 0 Å². The third kappa shape index (κ3) is 4.37. The van der Waals surface area contributed by atoms with Gasteiger partial charge in [-0.1, -0.05) is 6.07 Å². The summed E-state index contributed by atoms with van der Waals surface area (Å²) in [7, 11) is -0.736. The summed E-state index contributed by atoms with van der Waals surface area (Å²) < 4.78 is 30.5. The van der Waals surface area contributed by atoms with Crippen molar-refractivity contribution in [3.63, 3.8) is 0 Å². The van der Waals surface area contributed by atoms with E-state index in [1.54, 1.807) is 6.07 Å². The summed E-state index contributed by atoms with van der Waals surface area (Å²) in [5, 5.41) is 2.54. The highest BCUT2D eigenvalue weighted by Crippen LogP contribution is 2.30. The number of fused-ring (bicyclic) bond motifs is 1. The number of carbonyl (C=O) groups excluding carboxylic acids is 2. The van der Waals surface area contributed by atoms with Crippen LogP contribution in [0.1, 0.15) is 26.5 Å². The maximum atomic E-state index is 12.1. The lowest BCUT2D eigenvalue weighted by molar-refractivity contribution is -0.119. The number of sulfonamides is 1. The summed E-state index contributed by atoms with van der Waals surface area (Å²) in [4.78, 5) is 25.9. The Morgan fingerprint density at radius 3 is 2.70 bits per heavy atom. The fraction of sp³-hybridized carbons (Fsp3) is 0.333. The molecule has 0 radical (unpaired) electrons. The van der Waals surface area contributed by atoms with Crippen LogP contribution in [0.2, 0.25) is 0 Å². The molecule has 1 N–H and O–H groups in total. The van der Waals surface area contributed by atoms with E-state index in [1.807, 2.05) is 6.07 Å². The van der Waals surface area contributed by atoms with Gasteiger partial charge in [0.1, 0.15) is 4.88 Å². The predicted molar refractivity (Wildman–Crippen MR) is 103 cm³/mol. The fourth-order valence-electron chi connectivity index (χ4n) is 2.77. The number of hydrogen-bond acceptors (Lipinski definition) is 6. The number of amides is 1. The summed E-state index contributed by atoms with van der Waals surface area (Å²) in [5.74, 6) is -1.06. The first kappa shape index (κ1) is 19.5. The molecule has 144 valence electrons. The van der Waals surface area contributed by atoms with Gasteiger partial charge in [0.15, 0.2) is 6.61 Å². The molecule has 1 aromatic carbocycles. The summed E-state index contributed by atoms with van der Waals surface area (Å²) in [6, 6.07) is 7.74. The van der Waals surface area contributed by atoms with E-state index in [0.29, 0.717) is 10.6 Å². The van der Waals surface area contributed by atoms with E-state index >= 15 is 0 Å². The number of anilines is 1. The maximum Gasteiger partial charge on any atom is 0.348 e. The molecule has 1 heterocycles. The summed E-state index contributed by atoms with van der Waals surface area (Å²) >= 11 is 1.42. The third-order valence-electron chi connectivity index (χ3n) is 4.18. The van der Waals surface area contributed by atoms with Crippen molar-refractivity contribution < 1.29 is 22.7 Å². The number of carbonyl (C=O) groups is 2. The highest BCUT2D eigenvalue weighted by Gasteiger charge is 2.20. The zero-order valence-electron chi connectivity index (χ0n) is 15.0. The Balaban J connectivity index is 1.58. The molecule has 0 saturated carbocycles. The Labute approximate surface area is 162 Å². The number of aryl methyl sites for hydroxylation is 2. The van der Waals surface area contributed by atoms with Gasteiger partial charge in [0.05, 0.1) is 4.90 Å². The average molecular weight is 409 g/mol. The van der Waals surface area contributed by atoms with Crippen LogP contribution in [-0.2, 0) is 32.4 Å². The predicted octanol–water partition coefficient (Wildman–Crippen LogP) is 2.28. The molecule has 1 aromatic heterocycles. The minimum Gasteiger partial charge on any atom is -0.451 e. The summed E-state index contributed by atoms with van der Waals surface area (Å²) in [5.41, 5.74) is 1.50. The molecular weight excluding hydrogens is 388 g/mol. The number of rotatable bonds is 6. The molecule has 9 heteroatoms. The number of hydrogen-bond donors (Lipinski definition) is 1. The lowest BCUT2D eigenvalue weighted by Gasteiger charge is -2.12. The molecule has 2 aromatic rings. The van der Waals surface area contributed by atoms with E-state index in [9.17, 15) is 18.0 Å². The second-order valence-electron chi connectivity index (χ2n) is 6.35. The second kappa shape index (κ2) is 7.79. The normalized spacial score (nSPS) is 13.4. The average Bonchev–Trinajstić information content (AvgIpc) is 3.21. The van der Waals surface area contributed by atoms with Gasteiger partial charge in [-0.25, -0.2) is 17.5 Å². The molecule has 0 saturated heterocycles. The van der Waals surface area contributed by atoms with Crippen molar-refractivity contribution in [2.75, 3.05) is 26.0 Å². The minimum atomic E-state index is -3.60. The van der Waals surface area contributed by atoms with Crippen molar-refractivity contribution >= 4 is 38.9 Å². The monoisotopic (exact) mass is 408 g/mol. The van der Waals surface area contributed by atoms with Crippen LogP contribution < -0.4 is 5.32 Å². The molecular formula is C18H20N2O5S2. The second-order valence-corrected chi connectivity index (χ2v) is 9.64. The molecule has 1 aliphatic rings. The van der Waals surface area contributed by atoms with Gasteiger partial charge in [0, 0.05) is 24.7 Å². The van der Waals surface area contributed by atoms with Crippen LogP contribution >= 0.6 is 11.3 Å². The largest absolute Gasteiger partial charge is 0.451 e. The molecule has 3 rings (SSSR count). The maximum absolute atomic E-state index is 12.1. The Hall–Kier alpha value is -2.23. The number of ether oxygens (including phenoxy) is 1. The van der Waals surface area contributed by atoms with Gasteiger partial charge in [-0.2, -0.15) is 0 Å². The number of nitrogens with zero attached hydrogens (tertiary/aromatic N) is 1. The van der Waals surface area contributed by atoms with Crippen molar-refractivity contribution in [1.29, 1.82) is 0 Å². The topological polar surface area (TPSA) is 92.8 Å². The zero-order valence-corrected chi connectivity index (χ0v) is 16.7. The van der Waals surface area contributed by atoms with Crippen molar-refractivity contribution in [1.82, 2.24) is 4.31 Å². The lowest BCUT2D eigenvalue weighted by Crippen LogP contribution is -2.23. The first-order valence-electron chi connectivity index (χ1n) is 8.38. The van der Waals surface area contributed by atoms with E-state index in [-0.39, 0.29) is 4.90 Å². The van der Waals surface area contributed by atoms with Crippen LogP contribution in [0.3, 0.4) is 0 Å². The molecule has 0 spiro atoms. The quantitative estimate of drug-likeness (QED) is 0.741. The highest BCUT2D eigenvalue weighted by atomic mass is 32.2. The summed E-state index contributed by atoms with van der Waals surface area (Å²) in [6.45, 7) is -0.438. The van der Waals surface area contributed by atoms with Gasteiger partial charge in [0.2, 0.25) is 10.0 Å². The van der Waals surface area contributed by atoms with Gasteiger partial charge < -0.3 is 10.1 Å². The third-order valence-corrected chi connectivity index (χ3v) is 7.21. The molecule has 0 aliphatic heterocycles. The molecule has 1 aliphatic carbocycles. The van der Waals surface area contributed by atoms with Crippen molar-refractivity contribution in [2.24, 2.45) is 0 Å². The Morgan fingerprint density at radius 1 is 1.22 bits per heavy atom. The first-order chi connectivity index (χ1) is 12.8. The number of thiophene rings is 1. The molecule has 1 amide bonds. The number of benzene rings is 1. The molecule has 0 unspecified atom stereocenters. The summed E-state index contributed by atoms with van der Waals surface area (Å²) in [6.07, 6.45) is 3.08. The fourth-order valence-corrected chi connectivity index (χ4v) is 4.87. The number of nitrogens with one attached hydrogen (secondary N) is 1. The minimum absolute atomic E-state index is 0.0652. The SMILES string of the molecule is CN(C)S(=O)(=O)c1cccc(NC(=O)COC(=O)c2cc3c(s2)CCC3)c1. The smallest absolute Gasteiger partial charge is 0.348 e. The molecule has 0 fully saturated rings. The van der Waals surface area contributed by atoms with Crippen molar-refractivity contribution in [2.45, 2.75) is 24.2 Å². The van der Waals surface area contributed by atoms with E-state index in [0.717, 1.165) is 23.6 Å². The molecule has 27 heavy (non-hydrogen) atoms. The Morgan fingerprint density at radius 2 is 2.00 bits per heavy atom. The molecule has 0 atom stereocenters. The van der Waals surface area contributed by atoms with E-state index in [4.69, 9.17) is 4.74 Å². The van der Waals surface area contributed by atoms with E-state index in [1.165, 1.54) is 54.1 Å². The van der Waals surface area contributed by atoms with Gasteiger partial charge in [0.25, 0.3) is 5.91 Å². The van der Waals surface area contributed by atoms with Crippen LogP contribution in [0, 0.1) is 0 Å². The van der Waals surface area contributed by atoms with Crippen LogP contribution in [-0.4, -0.2) is 45.3 Å². The van der Waals surface area contributed by atoms with Gasteiger partial charge >= 0.3 is 5.97 Å². The van der Waals surface area contributed by atoms with Gasteiger partial charge in [-0.05, 0) is 49.1 Å². The first-order valence-corrected chi connectivity index (χ1v) is 10.6. The molecule has 7 nitrogen and oxygen atoms in total. The van der Waals surface area contributed by atoms with Crippen LogP contribution in [0.25, 0.3) is 0 Å². The zero-order chi connectivity index (χ0) is 19.6. The van der Waals surface area contributed by atoms with Crippen molar-refractivity contribution in [3.8, 4) is 0 Å². The van der Waals surface area contributed by atoms with E-state index < -0.39 is 28.5 Å². The van der Waals surface area contributed by atoms with Gasteiger partial charge in [-0.15, -0.1) is 11.3 Å². The Bertz CT molecular complexity index is 958. The van der Waals surface area contributed by atoms with E-state index in [2.05, 4.69) is 5.32 Å². The number of esters is 1. The van der Waals surface area contributed by atoms with Crippen LogP contribution in [0.4, 0.5) is 5.69 Å².